The summed E-state index contributed by atoms with van der Waals surface area (Å²) in [5, 5.41) is 0.452. The number of rotatable bonds is 3. The van der Waals surface area contributed by atoms with Gasteiger partial charge in [0.2, 0.25) is 0 Å². The minimum absolute atomic E-state index is 0.452. The van der Waals surface area contributed by atoms with Crippen LogP contribution in [0.1, 0.15) is 17.1 Å². The van der Waals surface area contributed by atoms with Crippen LogP contribution < -0.4 is 4.74 Å². The highest BCUT2D eigenvalue weighted by atomic mass is 35.5. The minimum Gasteiger partial charge on any atom is -0.497 e. The van der Waals surface area contributed by atoms with Crippen LogP contribution in [0, 0.1) is 6.92 Å². The summed E-state index contributed by atoms with van der Waals surface area (Å²) in [6, 6.07) is 9.48. The zero-order valence-electron chi connectivity index (χ0n) is 10.2. The van der Waals surface area contributed by atoms with Gasteiger partial charge in [0.05, 0.1) is 7.11 Å². The number of benzene rings is 1. The normalized spacial score (nSPS) is 10.8. The summed E-state index contributed by atoms with van der Waals surface area (Å²) in [4.78, 5) is 8.41. The molecule has 1 aromatic carbocycles. The van der Waals surface area contributed by atoms with Crippen molar-refractivity contribution in [3.05, 3.63) is 52.6 Å². The second kappa shape index (κ2) is 5.65. The van der Waals surface area contributed by atoms with Crippen LogP contribution >= 0.6 is 11.6 Å². The third kappa shape index (κ3) is 3.31. The lowest BCUT2D eigenvalue weighted by Gasteiger charge is -2.00. The number of halogens is 1. The Kier molecular flexibility index (Phi) is 3.95. The van der Waals surface area contributed by atoms with Crippen LogP contribution in [0.15, 0.2) is 30.3 Å². The molecular weight excluding hydrogens is 248 g/mol. The Hall–Kier alpha value is -1.87. The summed E-state index contributed by atoms with van der Waals surface area (Å²) in [5.74, 6) is 1.42. The van der Waals surface area contributed by atoms with Crippen LogP contribution in [0.25, 0.3) is 12.2 Å². The van der Waals surface area contributed by atoms with Crippen molar-refractivity contribution in [3.8, 4) is 5.75 Å². The topological polar surface area (TPSA) is 35.0 Å². The SMILES string of the molecule is COc1cccc(/C=C/c2nc(C)cc(Cl)n2)c1. The predicted molar refractivity (Wildman–Crippen MR) is 73.7 cm³/mol. The van der Waals surface area contributed by atoms with Crippen molar-refractivity contribution in [1.29, 1.82) is 0 Å². The molecule has 0 N–H and O–H groups in total. The van der Waals surface area contributed by atoms with E-state index in [0.717, 1.165) is 17.0 Å². The summed E-state index contributed by atoms with van der Waals surface area (Å²) >= 11 is 5.87. The first-order valence-electron chi connectivity index (χ1n) is 5.51. The fourth-order valence-corrected chi connectivity index (χ4v) is 1.79. The van der Waals surface area contributed by atoms with Gasteiger partial charge in [-0.3, -0.25) is 0 Å². The molecule has 0 saturated carbocycles. The van der Waals surface area contributed by atoms with Crippen LogP contribution in [0.2, 0.25) is 5.15 Å². The maximum atomic E-state index is 5.87. The van der Waals surface area contributed by atoms with Gasteiger partial charge in [0.25, 0.3) is 0 Å². The van der Waals surface area contributed by atoms with Crippen LogP contribution in [-0.2, 0) is 0 Å². The second-order valence-electron chi connectivity index (χ2n) is 3.80. The molecule has 0 atom stereocenters. The smallest absolute Gasteiger partial charge is 0.153 e. The summed E-state index contributed by atoms with van der Waals surface area (Å²) in [7, 11) is 1.65. The highest BCUT2D eigenvalue weighted by Crippen LogP contribution is 2.15. The molecule has 0 aliphatic rings. The molecule has 2 rings (SSSR count). The van der Waals surface area contributed by atoms with Crippen LogP contribution in [0.4, 0.5) is 0 Å². The molecule has 0 saturated heterocycles. The molecule has 4 heteroatoms. The molecule has 0 unspecified atom stereocenters. The number of methoxy groups -OCH3 is 1. The summed E-state index contributed by atoms with van der Waals surface area (Å²) in [6.07, 6.45) is 3.75. The van der Waals surface area contributed by atoms with E-state index < -0.39 is 0 Å². The molecule has 0 amide bonds. The van der Waals surface area contributed by atoms with Crippen molar-refractivity contribution in [3.63, 3.8) is 0 Å². The number of nitrogens with zero attached hydrogens (tertiary/aromatic N) is 2. The monoisotopic (exact) mass is 260 g/mol. The minimum atomic E-state index is 0.452. The van der Waals surface area contributed by atoms with E-state index in [9.17, 15) is 0 Å². The number of ether oxygens (including phenoxy) is 1. The van der Waals surface area contributed by atoms with Gasteiger partial charge < -0.3 is 4.74 Å². The van der Waals surface area contributed by atoms with E-state index in [2.05, 4.69) is 9.97 Å². The first-order valence-corrected chi connectivity index (χ1v) is 5.88. The Bertz CT molecular complexity index is 562. The maximum Gasteiger partial charge on any atom is 0.153 e. The molecule has 18 heavy (non-hydrogen) atoms. The number of hydrogen-bond donors (Lipinski definition) is 0. The average Bonchev–Trinajstić information content (AvgIpc) is 2.35. The van der Waals surface area contributed by atoms with Crippen molar-refractivity contribution in [2.45, 2.75) is 6.92 Å². The van der Waals surface area contributed by atoms with Gasteiger partial charge in [0, 0.05) is 5.69 Å². The quantitative estimate of drug-likeness (QED) is 0.791. The molecule has 92 valence electrons. The van der Waals surface area contributed by atoms with Gasteiger partial charge in [-0.15, -0.1) is 0 Å². The van der Waals surface area contributed by atoms with E-state index in [1.165, 1.54) is 0 Å². The fraction of sp³-hybridized carbons (Fsp3) is 0.143. The Morgan fingerprint density at radius 2 is 2.00 bits per heavy atom. The van der Waals surface area contributed by atoms with Gasteiger partial charge in [-0.05, 0) is 36.8 Å². The van der Waals surface area contributed by atoms with Crippen molar-refractivity contribution in [1.82, 2.24) is 9.97 Å². The fourth-order valence-electron chi connectivity index (χ4n) is 1.54. The van der Waals surface area contributed by atoms with Crippen molar-refractivity contribution in [2.75, 3.05) is 7.11 Å². The number of aryl methyl sites for hydroxylation is 1. The largest absolute Gasteiger partial charge is 0.497 e. The highest BCUT2D eigenvalue weighted by molar-refractivity contribution is 6.29. The van der Waals surface area contributed by atoms with Gasteiger partial charge in [0.15, 0.2) is 5.82 Å². The Balaban J connectivity index is 2.24. The van der Waals surface area contributed by atoms with Crippen LogP contribution in [0.5, 0.6) is 5.75 Å². The second-order valence-corrected chi connectivity index (χ2v) is 4.19. The highest BCUT2D eigenvalue weighted by Gasteiger charge is 1.97. The molecule has 1 heterocycles. The lowest BCUT2D eigenvalue weighted by atomic mass is 10.2. The van der Waals surface area contributed by atoms with Gasteiger partial charge >= 0.3 is 0 Å². The zero-order chi connectivity index (χ0) is 13.0. The lowest BCUT2D eigenvalue weighted by molar-refractivity contribution is 0.414. The third-order valence-electron chi connectivity index (χ3n) is 2.36. The summed E-state index contributed by atoms with van der Waals surface area (Å²) in [6.45, 7) is 1.89. The van der Waals surface area contributed by atoms with Crippen LogP contribution in [-0.4, -0.2) is 17.1 Å². The first-order chi connectivity index (χ1) is 8.67. The van der Waals surface area contributed by atoms with E-state index in [1.807, 2.05) is 43.3 Å². The standard InChI is InChI=1S/C14H13ClN2O/c1-10-8-13(15)17-14(16-10)7-6-11-4-3-5-12(9-11)18-2/h3-9H,1-2H3/b7-6+. The van der Waals surface area contributed by atoms with E-state index in [1.54, 1.807) is 13.2 Å². The maximum absolute atomic E-state index is 5.87. The Labute approximate surface area is 111 Å². The third-order valence-corrected chi connectivity index (χ3v) is 2.55. The Morgan fingerprint density at radius 1 is 1.17 bits per heavy atom. The molecule has 2 aromatic rings. The van der Waals surface area contributed by atoms with E-state index in [4.69, 9.17) is 16.3 Å². The predicted octanol–water partition coefficient (Wildman–Crippen LogP) is 3.62. The molecule has 0 radical (unpaired) electrons. The molecule has 0 aliphatic carbocycles. The number of aromatic nitrogens is 2. The summed E-state index contributed by atoms with van der Waals surface area (Å²) < 4.78 is 5.16. The number of hydrogen-bond acceptors (Lipinski definition) is 3. The van der Waals surface area contributed by atoms with E-state index in [-0.39, 0.29) is 0 Å². The van der Waals surface area contributed by atoms with Crippen molar-refractivity contribution in [2.24, 2.45) is 0 Å². The van der Waals surface area contributed by atoms with Gasteiger partial charge in [-0.2, -0.15) is 0 Å². The molecule has 0 spiro atoms. The van der Waals surface area contributed by atoms with E-state index >= 15 is 0 Å². The molecule has 0 bridgehead atoms. The summed E-state index contributed by atoms with van der Waals surface area (Å²) in [5.41, 5.74) is 1.87. The molecule has 1 aromatic heterocycles. The molecule has 0 aliphatic heterocycles. The van der Waals surface area contributed by atoms with Crippen molar-refractivity contribution >= 4 is 23.8 Å². The molecular formula is C14H13ClN2O. The van der Waals surface area contributed by atoms with Crippen LogP contribution in [0.3, 0.4) is 0 Å². The Morgan fingerprint density at radius 3 is 2.72 bits per heavy atom. The lowest BCUT2D eigenvalue weighted by Crippen LogP contribution is -1.90. The zero-order valence-corrected chi connectivity index (χ0v) is 11.0. The van der Waals surface area contributed by atoms with Gasteiger partial charge in [-0.1, -0.05) is 29.8 Å². The van der Waals surface area contributed by atoms with Gasteiger partial charge in [0.1, 0.15) is 10.9 Å². The van der Waals surface area contributed by atoms with Gasteiger partial charge in [-0.25, -0.2) is 9.97 Å². The first kappa shape index (κ1) is 12.6. The molecule has 3 nitrogen and oxygen atoms in total. The van der Waals surface area contributed by atoms with Crippen molar-refractivity contribution < 1.29 is 4.74 Å². The molecule has 0 fully saturated rings. The average molecular weight is 261 g/mol. The van der Waals surface area contributed by atoms with E-state index in [0.29, 0.717) is 11.0 Å².